The average Bonchev–Trinajstić information content (AvgIpc) is 1.63. The summed E-state index contributed by atoms with van der Waals surface area (Å²) in [6.45, 7) is 3.16. The van der Waals surface area contributed by atoms with Crippen molar-refractivity contribution in [2.75, 3.05) is 0 Å². The summed E-state index contributed by atoms with van der Waals surface area (Å²) >= 11 is 0. The average molecular weight is 130 g/mol. The molecule has 0 saturated carbocycles. The van der Waals surface area contributed by atoms with E-state index in [0.29, 0.717) is 6.42 Å². The molecule has 2 heteroatoms. The molecule has 0 aliphatic rings. The maximum absolute atomic E-state index is 11.9. The molecule has 0 unspecified atom stereocenters. The molecule has 0 aliphatic heterocycles. The lowest BCUT2D eigenvalue weighted by Crippen LogP contribution is -1.90. The molecule has 0 aromatic rings. The van der Waals surface area contributed by atoms with E-state index in [0.717, 1.165) is 12.5 Å². The van der Waals surface area contributed by atoms with Gasteiger partial charge in [0.1, 0.15) is 5.83 Å². The SMILES string of the molecule is CCCC(=O)/C=C(\C)F. The van der Waals surface area contributed by atoms with Crippen LogP contribution in [0.5, 0.6) is 0 Å². The summed E-state index contributed by atoms with van der Waals surface area (Å²) in [5.74, 6) is -0.536. The van der Waals surface area contributed by atoms with Gasteiger partial charge in [-0.25, -0.2) is 4.39 Å². The van der Waals surface area contributed by atoms with E-state index in [1.54, 1.807) is 0 Å². The third-order valence-electron chi connectivity index (χ3n) is 0.856. The minimum absolute atomic E-state index is 0.127. The molecule has 0 N–H and O–H groups in total. The maximum atomic E-state index is 11.9. The van der Waals surface area contributed by atoms with Gasteiger partial charge >= 0.3 is 0 Å². The summed E-state index contributed by atoms with van der Waals surface area (Å²) in [4.78, 5) is 10.5. The van der Waals surface area contributed by atoms with E-state index in [1.165, 1.54) is 6.92 Å². The molecule has 0 aliphatic carbocycles. The molecule has 0 amide bonds. The fourth-order valence-electron chi connectivity index (χ4n) is 0.540. The van der Waals surface area contributed by atoms with Crippen molar-refractivity contribution in [2.45, 2.75) is 26.7 Å². The number of hydrogen-bond donors (Lipinski definition) is 0. The van der Waals surface area contributed by atoms with Crippen molar-refractivity contribution >= 4 is 5.78 Å². The summed E-state index contributed by atoms with van der Waals surface area (Å²) in [7, 11) is 0. The zero-order valence-corrected chi connectivity index (χ0v) is 5.78. The van der Waals surface area contributed by atoms with Crippen LogP contribution in [0.3, 0.4) is 0 Å². The van der Waals surface area contributed by atoms with E-state index < -0.39 is 5.83 Å². The van der Waals surface area contributed by atoms with Crippen molar-refractivity contribution in [1.82, 2.24) is 0 Å². The molecule has 0 aromatic heterocycles. The number of allylic oxidation sites excluding steroid dienone is 2. The summed E-state index contributed by atoms with van der Waals surface area (Å²) in [6.07, 6.45) is 2.26. The van der Waals surface area contributed by atoms with E-state index >= 15 is 0 Å². The van der Waals surface area contributed by atoms with Crippen molar-refractivity contribution in [3.8, 4) is 0 Å². The molecular weight excluding hydrogens is 119 g/mol. The van der Waals surface area contributed by atoms with Crippen LogP contribution in [-0.4, -0.2) is 5.78 Å². The van der Waals surface area contributed by atoms with Crippen LogP contribution in [0.2, 0.25) is 0 Å². The highest BCUT2D eigenvalue weighted by Gasteiger charge is 1.94. The number of halogens is 1. The summed E-state index contributed by atoms with van der Waals surface area (Å²) < 4.78 is 11.9. The number of ketones is 1. The molecule has 0 radical (unpaired) electrons. The quantitative estimate of drug-likeness (QED) is 0.535. The first kappa shape index (κ1) is 8.34. The maximum Gasteiger partial charge on any atom is 0.158 e. The molecule has 0 fully saturated rings. The zero-order valence-electron chi connectivity index (χ0n) is 5.78. The number of carbonyl (C=O) groups is 1. The monoisotopic (exact) mass is 130 g/mol. The van der Waals surface area contributed by atoms with Crippen LogP contribution in [0.1, 0.15) is 26.7 Å². The summed E-state index contributed by atoms with van der Waals surface area (Å²) in [6, 6.07) is 0. The Balaban J connectivity index is 3.63. The topological polar surface area (TPSA) is 17.1 Å². The van der Waals surface area contributed by atoms with Crippen molar-refractivity contribution < 1.29 is 9.18 Å². The molecule has 0 saturated heterocycles. The molecule has 0 spiro atoms. The minimum Gasteiger partial charge on any atom is -0.295 e. The highest BCUT2D eigenvalue weighted by Crippen LogP contribution is 1.96. The van der Waals surface area contributed by atoms with Crippen LogP contribution in [0.4, 0.5) is 4.39 Å². The normalized spacial score (nSPS) is 11.7. The van der Waals surface area contributed by atoms with Gasteiger partial charge in [-0.05, 0) is 13.3 Å². The van der Waals surface area contributed by atoms with Crippen LogP contribution in [0.25, 0.3) is 0 Å². The lowest BCUT2D eigenvalue weighted by atomic mass is 10.2. The first-order valence-electron chi connectivity index (χ1n) is 3.03. The van der Waals surface area contributed by atoms with Gasteiger partial charge in [0.05, 0.1) is 0 Å². The lowest BCUT2D eigenvalue weighted by Gasteiger charge is -1.87. The standard InChI is InChI=1S/C7H11FO/c1-3-4-7(9)5-6(2)8/h5H,3-4H2,1-2H3/b6-5+. The Bertz CT molecular complexity index is 123. The number of carbonyl (C=O) groups excluding carboxylic acids is 1. The van der Waals surface area contributed by atoms with Gasteiger partial charge in [-0.3, -0.25) is 4.79 Å². The Morgan fingerprint density at radius 2 is 2.22 bits per heavy atom. The van der Waals surface area contributed by atoms with Gasteiger partial charge in [-0.2, -0.15) is 0 Å². The van der Waals surface area contributed by atoms with Gasteiger partial charge in [0, 0.05) is 12.5 Å². The molecule has 0 atom stereocenters. The van der Waals surface area contributed by atoms with Gasteiger partial charge < -0.3 is 0 Å². The van der Waals surface area contributed by atoms with E-state index in [4.69, 9.17) is 0 Å². The zero-order chi connectivity index (χ0) is 7.28. The molecule has 52 valence electrons. The molecular formula is C7H11FO. The van der Waals surface area contributed by atoms with Crippen LogP contribution in [0, 0.1) is 0 Å². The third kappa shape index (κ3) is 5.21. The van der Waals surface area contributed by atoms with E-state index in [1.807, 2.05) is 6.92 Å². The minimum atomic E-state index is -0.409. The predicted octanol–water partition coefficient (Wildman–Crippen LogP) is 2.23. The fourth-order valence-corrected chi connectivity index (χ4v) is 0.540. The lowest BCUT2D eigenvalue weighted by molar-refractivity contribution is -0.114. The van der Waals surface area contributed by atoms with Crippen LogP contribution in [0.15, 0.2) is 11.9 Å². The van der Waals surface area contributed by atoms with Crippen molar-refractivity contribution in [1.29, 1.82) is 0 Å². The van der Waals surface area contributed by atoms with E-state index in [2.05, 4.69) is 0 Å². The third-order valence-corrected chi connectivity index (χ3v) is 0.856. The second kappa shape index (κ2) is 4.24. The van der Waals surface area contributed by atoms with Crippen molar-refractivity contribution in [3.05, 3.63) is 11.9 Å². The summed E-state index contributed by atoms with van der Waals surface area (Å²) in [5.41, 5.74) is 0. The van der Waals surface area contributed by atoms with Crippen LogP contribution in [-0.2, 0) is 4.79 Å². The van der Waals surface area contributed by atoms with E-state index in [-0.39, 0.29) is 5.78 Å². The Morgan fingerprint density at radius 1 is 1.67 bits per heavy atom. The second-order valence-corrected chi connectivity index (χ2v) is 1.95. The van der Waals surface area contributed by atoms with Gasteiger partial charge in [0.15, 0.2) is 5.78 Å². The number of rotatable bonds is 3. The van der Waals surface area contributed by atoms with Crippen molar-refractivity contribution in [2.24, 2.45) is 0 Å². The largest absolute Gasteiger partial charge is 0.295 e. The highest BCUT2D eigenvalue weighted by atomic mass is 19.1. The molecule has 0 bridgehead atoms. The predicted molar refractivity (Wildman–Crippen MR) is 34.8 cm³/mol. The molecule has 1 nitrogen and oxygen atoms in total. The summed E-state index contributed by atoms with van der Waals surface area (Å²) in [5, 5.41) is 0. The second-order valence-electron chi connectivity index (χ2n) is 1.95. The Kier molecular flexibility index (Phi) is 3.93. The fraction of sp³-hybridized carbons (Fsp3) is 0.571. The Hall–Kier alpha value is -0.660. The molecule has 0 heterocycles. The van der Waals surface area contributed by atoms with Gasteiger partial charge in [0.25, 0.3) is 0 Å². The Labute approximate surface area is 54.6 Å². The molecule has 9 heavy (non-hydrogen) atoms. The van der Waals surface area contributed by atoms with Crippen LogP contribution >= 0.6 is 0 Å². The molecule has 0 aromatic carbocycles. The molecule has 0 rings (SSSR count). The smallest absolute Gasteiger partial charge is 0.158 e. The van der Waals surface area contributed by atoms with Gasteiger partial charge in [0.2, 0.25) is 0 Å². The highest BCUT2D eigenvalue weighted by molar-refractivity contribution is 5.89. The first-order valence-corrected chi connectivity index (χ1v) is 3.03. The Morgan fingerprint density at radius 3 is 2.56 bits per heavy atom. The first-order chi connectivity index (χ1) is 4.16. The van der Waals surface area contributed by atoms with Crippen molar-refractivity contribution in [3.63, 3.8) is 0 Å². The number of hydrogen-bond acceptors (Lipinski definition) is 1. The van der Waals surface area contributed by atoms with Crippen LogP contribution < -0.4 is 0 Å². The van der Waals surface area contributed by atoms with Gasteiger partial charge in [-0.15, -0.1) is 0 Å². The van der Waals surface area contributed by atoms with Gasteiger partial charge in [-0.1, -0.05) is 6.92 Å². The van der Waals surface area contributed by atoms with E-state index in [9.17, 15) is 9.18 Å².